The second kappa shape index (κ2) is 2.28. The largest absolute Gasteiger partial charge is 0.342 e. The van der Waals surface area contributed by atoms with Crippen molar-refractivity contribution in [2.75, 3.05) is 7.05 Å². The van der Waals surface area contributed by atoms with E-state index in [1.807, 2.05) is 29.2 Å². The zero-order valence-electron chi connectivity index (χ0n) is 6.69. The van der Waals surface area contributed by atoms with Crippen LogP contribution >= 0.6 is 0 Å². The van der Waals surface area contributed by atoms with Crippen LogP contribution in [0.3, 0.4) is 0 Å². The molecule has 0 saturated carbocycles. The van der Waals surface area contributed by atoms with Crippen molar-refractivity contribution in [1.82, 2.24) is 20.4 Å². The van der Waals surface area contributed by atoms with E-state index in [2.05, 4.69) is 10.6 Å². The molecule has 0 spiro atoms. The van der Waals surface area contributed by atoms with E-state index in [1.54, 1.807) is 0 Å². The van der Waals surface area contributed by atoms with Crippen molar-refractivity contribution in [2.24, 2.45) is 5.73 Å². The number of nitrogens with two attached hydrogens (primary N) is 1. The lowest BCUT2D eigenvalue weighted by atomic mass is 10.5. The van der Waals surface area contributed by atoms with Gasteiger partial charge in [-0.1, -0.05) is 0 Å². The first-order chi connectivity index (χ1) is 5.68. The highest BCUT2D eigenvalue weighted by Gasteiger charge is 2.34. The first-order valence-electron chi connectivity index (χ1n) is 3.69. The van der Waals surface area contributed by atoms with Crippen LogP contribution in [0.15, 0.2) is 12.4 Å². The van der Waals surface area contributed by atoms with Gasteiger partial charge >= 0.3 is 6.03 Å². The molecule has 2 atom stereocenters. The van der Waals surface area contributed by atoms with Gasteiger partial charge in [-0.25, -0.2) is 4.79 Å². The van der Waals surface area contributed by atoms with Crippen molar-refractivity contribution in [3.8, 4) is 0 Å². The summed E-state index contributed by atoms with van der Waals surface area (Å²) >= 11 is 0. The van der Waals surface area contributed by atoms with E-state index >= 15 is 0 Å². The maximum atomic E-state index is 11.0. The van der Waals surface area contributed by atoms with Crippen molar-refractivity contribution >= 4 is 6.03 Å². The molecule has 0 radical (unpaired) electrons. The number of hydrogen-bond donors (Lipinski definition) is 3. The van der Waals surface area contributed by atoms with Gasteiger partial charge < -0.3 is 20.4 Å². The average molecular weight is 169 g/mol. The van der Waals surface area contributed by atoms with Gasteiger partial charge in [0.2, 0.25) is 0 Å². The van der Waals surface area contributed by atoms with Gasteiger partial charge in [-0.2, -0.15) is 0 Å². The summed E-state index contributed by atoms with van der Waals surface area (Å²) in [7, 11) is 1.87. The van der Waals surface area contributed by atoms with Crippen LogP contribution in [-0.2, 0) is 0 Å². The number of amides is 2. The third kappa shape index (κ3) is 0.884. The van der Waals surface area contributed by atoms with Gasteiger partial charge in [-0.15, -0.1) is 0 Å². The Hall–Kier alpha value is -1.43. The summed E-state index contributed by atoms with van der Waals surface area (Å²) in [6.07, 6.45) is 3.11. The van der Waals surface area contributed by atoms with Crippen molar-refractivity contribution in [3.05, 3.63) is 12.4 Å². The topological polar surface area (TPSA) is 73.6 Å². The number of carbonyl (C=O) groups is 1. The van der Waals surface area contributed by atoms with Crippen molar-refractivity contribution < 1.29 is 4.79 Å². The fourth-order valence-corrected chi connectivity index (χ4v) is 1.34. The molecular formula is C6H11N5O. The van der Waals surface area contributed by atoms with Crippen molar-refractivity contribution in [3.63, 3.8) is 0 Å². The molecule has 12 heavy (non-hydrogen) atoms. The van der Waals surface area contributed by atoms with Gasteiger partial charge in [-0.3, -0.25) is 5.73 Å². The highest BCUT2D eigenvalue weighted by atomic mass is 16.2. The summed E-state index contributed by atoms with van der Waals surface area (Å²) in [5.41, 5.74) is 5.65. The summed E-state index contributed by atoms with van der Waals surface area (Å²) in [5, 5.41) is 5.26. The highest BCUT2D eigenvalue weighted by Crippen LogP contribution is 2.14. The number of hydrogen-bond acceptors (Lipinski definition) is 4. The molecule has 2 aliphatic heterocycles. The molecule has 0 aromatic rings. The second-order valence-corrected chi connectivity index (χ2v) is 2.85. The van der Waals surface area contributed by atoms with Crippen LogP contribution in [0.5, 0.6) is 0 Å². The number of nitrogens with one attached hydrogen (secondary N) is 2. The van der Waals surface area contributed by atoms with E-state index in [1.165, 1.54) is 0 Å². The zero-order valence-corrected chi connectivity index (χ0v) is 6.69. The fraction of sp³-hybridized carbons (Fsp3) is 0.500. The van der Waals surface area contributed by atoms with E-state index in [-0.39, 0.29) is 12.3 Å². The molecule has 2 heterocycles. The Bertz CT molecular complexity index is 240. The first kappa shape index (κ1) is 7.23. The molecule has 66 valence electrons. The molecule has 0 bridgehead atoms. The predicted molar refractivity (Wildman–Crippen MR) is 42.2 cm³/mol. The van der Waals surface area contributed by atoms with E-state index in [4.69, 9.17) is 5.73 Å². The molecule has 2 amide bonds. The Morgan fingerprint density at radius 2 is 2.25 bits per heavy atom. The van der Waals surface area contributed by atoms with Crippen LogP contribution in [-0.4, -0.2) is 35.5 Å². The summed E-state index contributed by atoms with van der Waals surface area (Å²) < 4.78 is 0. The highest BCUT2D eigenvalue weighted by molar-refractivity contribution is 5.75. The van der Waals surface area contributed by atoms with Gasteiger partial charge in [0.05, 0.1) is 0 Å². The first-order valence-corrected chi connectivity index (χ1v) is 3.69. The molecule has 2 aliphatic rings. The van der Waals surface area contributed by atoms with Crippen LogP contribution < -0.4 is 16.4 Å². The standard InChI is InChI=1S/C6H11N5O/c1-10-2-3-11-4(7)8-5(12)9-6(10)11/h2-4,6H,7H2,1H3,(H2,8,9,12). The van der Waals surface area contributed by atoms with Gasteiger partial charge in [0.15, 0.2) is 12.6 Å². The average Bonchev–Trinajstić information content (AvgIpc) is 2.33. The maximum absolute atomic E-state index is 11.0. The number of carbonyl (C=O) groups excluding carboxylic acids is 1. The van der Waals surface area contributed by atoms with Gasteiger partial charge in [0, 0.05) is 19.4 Å². The maximum Gasteiger partial charge on any atom is 0.320 e. The lowest BCUT2D eigenvalue weighted by Crippen LogP contribution is -2.69. The molecule has 6 nitrogen and oxygen atoms in total. The summed E-state index contributed by atoms with van der Waals surface area (Å²) in [4.78, 5) is 14.7. The molecule has 6 heteroatoms. The quantitative estimate of drug-likeness (QED) is 0.414. The zero-order chi connectivity index (χ0) is 8.72. The number of fused-ring (bicyclic) bond motifs is 1. The van der Waals surface area contributed by atoms with Gasteiger partial charge in [0.25, 0.3) is 0 Å². The van der Waals surface area contributed by atoms with Crippen LogP contribution in [0.2, 0.25) is 0 Å². The molecule has 0 aliphatic carbocycles. The molecule has 0 aromatic heterocycles. The van der Waals surface area contributed by atoms with Crippen molar-refractivity contribution in [1.29, 1.82) is 0 Å². The normalized spacial score (nSPS) is 33.0. The molecule has 1 saturated heterocycles. The Labute approximate surface area is 70.0 Å². The second-order valence-electron chi connectivity index (χ2n) is 2.85. The number of rotatable bonds is 0. The smallest absolute Gasteiger partial charge is 0.320 e. The van der Waals surface area contributed by atoms with E-state index in [0.29, 0.717) is 0 Å². The minimum absolute atomic E-state index is 0.145. The van der Waals surface area contributed by atoms with Crippen LogP contribution in [0.4, 0.5) is 4.79 Å². The molecule has 2 unspecified atom stereocenters. The molecule has 0 aromatic carbocycles. The third-order valence-corrected chi connectivity index (χ3v) is 2.00. The Morgan fingerprint density at radius 3 is 3.00 bits per heavy atom. The monoisotopic (exact) mass is 169 g/mol. The van der Waals surface area contributed by atoms with Gasteiger partial charge in [-0.05, 0) is 0 Å². The minimum atomic E-state index is -0.440. The van der Waals surface area contributed by atoms with Crippen molar-refractivity contribution in [2.45, 2.75) is 12.6 Å². The molecule has 4 N–H and O–H groups in total. The summed E-state index contributed by atoms with van der Waals surface area (Å²) in [5.74, 6) is 0. The molecule has 1 fully saturated rings. The summed E-state index contributed by atoms with van der Waals surface area (Å²) in [6, 6.07) is -0.237. The number of nitrogens with zero attached hydrogens (tertiary/aromatic N) is 2. The SMILES string of the molecule is CN1C=CN2C(N)NC(=O)NC12. The lowest BCUT2D eigenvalue weighted by Gasteiger charge is -2.39. The third-order valence-electron chi connectivity index (χ3n) is 2.00. The fourth-order valence-electron chi connectivity index (χ4n) is 1.34. The van der Waals surface area contributed by atoms with E-state index < -0.39 is 6.29 Å². The molecular weight excluding hydrogens is 158 g/mol. The Kier molecular flexibility index (Phi) is 1.37. The van der Waals surface area contributed by atoms with Crippen LogP contribution in [0, 0.1) is 0 Å². The predicted octanol–water partition coefficient (Wildman–Crippen LogP) is -1.46. The lowest BCUT2D eigenvalue weighted by molar-refractivity contribution is 0.0707. The number of urea groups is 1. The minimum Gasteiger partial charge on any atom is -0.342 e. The molecule has 2 rings (SSSR count). The van der Waals surface area contributed by atoms with Crippen LogP contribution in [0.1, 0.15) is 0 Å². The van der Waals surface area contributed by atoms with Crippen LogP contribution in [0.25, 0.3) is 0 Å². The Morgan fingerprint density at radius 1 is 1.50 bits per heavy atom. The van der Waals surface area contributed by atoms with E-state index in [0.717, 1.165) is 0 Å². The summed E-state index contributed by atoms with van der Waals surface area (Å²) in [6.45, 7) is 0. The Balaban J connectivity index is 2.18. The van der Waals surface area contributed by atoms with E-state index in [9.17, 15) is 4.79 Å². The van der Waals surface area contributed by atoms with Gasteiger partial charge in [0.1, 0.15) is 0 Å².